The summed E-state index contributed by atoms with van der Waals surface area (Å²) in [4.78, 5) is 69.1. The monoisotopic (exact) mass is 661 g/mol. The van der Waals surface area contributed by atoms with Gasteiger partial charge in [-0.05, 0) is 89.5 Å². The third-order valence-corrected chi connectivity index (χ3v) is 10.2. The minimum absolute atomic E-state index is 0.160. The summed E-state index contributed by atoms with van der Waals surface area (Å²) in [5.74, 6) is -3.63. The molecule has 1 aliphatic heterocycles. The molecule has 4 aliphatic rings. The van der Waals surface area contributed by atoms with Crippen LogP contribution >= 0.6 is 15.9 Å². The first-order valence-electron chi connectivity index (χ1n) is 14.8. The number of carbonyl (C=O) groups is 5. The van der Waals surface area contributed by atoms with Crippen LogP contribution in [0, 0.1) is 31.6 Å². The van der Waals surface area contributed by atoms with Crippen molar-refractivity contribution in [1.29, 1.82) is 0 Å². The van der Waals surface area contributed by atoms with E-state index in [0.717, 1.165) is 11.1 Å². The van der Waals surface area contributed by atoms with E-state index >= 15 is 0 Å². The van der Waals surface area contributed by atoms with Gasteiger partial charge in [-0.25, -0.2) is 0 Å². The number of hydrogen-bond donors (Lipinski definition) is 1. The van der Waals surface area contributed by atoms with Gasteiger partial charge in [-0.1, -0.05) is 54.1 Å². The van der Waals surface area contributed by atoms with Gasteiger partial charge in [0, 0.05) is 34.3 Å². The van der Waals surface area contributed by atoms with Crippen LogP contribution in [0.25, 0.3) is 0 Å². The van der Waals surface area contributed by atoms with E-state index in [2.05, 4.69) is 15.9 Å². The molecule has 4 atom stereocenters. The minimum Gasteiger partial charge on any atom is -0.507 e. The van der Waals surface area contributed by atoms with Gasteiger partial charge in [0.2, 0.25) is 11.8 Å². The number of hydrogen-bond acceptors (Lipinski definition) is 6. The summed E-state index contributed by atoms with van der Waals surface area (Å²) in [5.41, 5.74) is 5.00. The van der Waals surface area contributed by atoms with Crippen LogP contribution in [-0.2, 0) is 19.2 Å². The Morgan fingerprint density at radius 1 is 0.867 bits per heavy atom. The number of amides is 2. The third kappa shape index (κ3) is 4.50. The molecule has 45 heavy (non-hydrogen) atoms. The molecule has 8 heteroatoms. The highest BCUT2D eigenvalue weighted by Gasteiger charge is 2.56. The highest BCUT2D eigenvalue weighted by Crippen LogP contribution is 2.56. The normalized spacial score (nSPS) is 24.2. The zero-order chi connectivity index (χ0) is 31.7. The van der Waals surface area contributed by atoms with Crippen molar-refractivity contribution in [3.05, 3.63) is 128 Å². The highest BCUT2D eigenvalue weighted by atomic mass is 79.9. The number of phenols is 1. The molecule has 2 amide bonds. The van der Waals surface area contributed by atoms with Crippen LogP contribution < -0.4 is 4.90 Å². The molecule has 1 fully saturated rings. The van der Waals surface area contributed by atoms with E-state index in [0.29, 0.717) is 45.5 Å². The fourth-order valence-electron chi connectivity index (χ4n) is 7.51. The summed E-state index contributed by atoms with van der Waals surface area (Å²) in [7, 11) is 0. The number of Topliss-reactive ketones (excluding diaryl/α,β-unsaturated/α-hetero) is 1. The average Bonchev–Trinajstić information content (AvgIpc) is 3.30. The van der Waals surface area contributed by atoms with Gasteiger partial charge in [0.25, 0.3) is 0 Å². The molecule has 3 aliphatic carbocycles. The van der Waals surface area contributed by atoms with Gasteiger partial charge in [0.15, 0.2) is 17.3 Å². The first-order chi connectivity index (χ1) is 21.6. The number of aromatic hydroxyl groups is 1. The molecule has 7 rings (SSSR count). The number of ketones is 3. The van der Waals surface area contributed by atoms with Gasteiger partial charge in [-0.2, -0.15) is 0 Å². The number of halogens is 1. The lowest BCUT2D eigenvalue weighted by atomic mass is 9.59. The lowest BCUT2D eigenvalue weighted by molar-refractivity contribution is -0.123. The second-order valence-corrected chi connectivity index (χ2v) is 13.0. The van der Waals surface area contributed by atoms with Gasteiger partial charge in [0.05, 0.1) is 22.0 Å². The molecule has 0 bridgehead atoms. The van der Waals surface area contributed by atoms with Crippen molar-refractivity contribution in [3.8, 4) is 5.75 Å². The summed E-state index contributed by atoms with van der Waals surface area (Å²) in [6.07, 6.45) is 3.76. The highest BCUT2D eigenvalue weighted by molar-refractivity contribution is 9.12. The first-order valence-corrected chi connectivity index (χ1v) is 15.6. The van der Waals surface area contributed by atoms with Gasteiger partial charge < -0.3 is 5.11 Å². The number of benzene rings is 3. The second kappa shape index (κ2) is 10.7. The Bertz CT molecular complexity index is 1930. The van der Waals surface area contributed by atoms with E-state index in [1.165, 1.54) is 11.0 Å². The topological polar surface area (TPSA) is 109 Å². The number of rotatable bonds is 4. The number of anilines is 1. The van der Waals surface area contributed by atoms with Gasteiger partial charge >= 0.3 is 0 Å². The number of phenolic OH excluding ortho intramolecular Hbond substituents is 1. The molecular formula is C37H28BrNO6. The van der Waals surface area contributed by atoms with Crippen LogP contribution in [0.2, 0.25) is 0 Å². The molecular weight excluding hydrogens is 634 g/mol. The van der Waals surface area contributed by atoms with Crippen molar-refractivity contribution >= 4 is 50.8 Å². The zero-order valence-corrected chi connectivity index (χ0v) is 26.1. The summed E-state index contributed by atoms with van der Waals surface area (Å²) in [6.45, 7) is 3.57. The summed E-state index contributed by atoms with van der Waals surface area (Å²) >= 11 is 3.26. The molecule has 0 radical (unpaired) electrons. The van der Waals surface area contributed by atoms with Gasteiger partial charge in [-0.3, -0.25) is 28.9 Å². The van der Waals surface area contributed by atoms with Crippen molar-refractivity contribution in [3.63, 3.8) is 0 Å². The maximum absolute atomic E-state index is 14.2. The van der Waals surface area contributed by atoms with E-state index in [1.807, 2.05) is 24.3 Å². The van der Waals surface area contributed by atoms with Gasteiger partial charge in [-0.15, -0.1) is 0 Å². The Morgan fingerprint density at radius 3 is 2.18 bits per heavy atom. The predicted octanol–water partition coefficient (Wildman–Crippen LogP) is 6.21. The maximum atomic E-state index is 14.2. The Labute approximate surface area is 268 Å². The van der Waals surface area contributed by atoms with Crippen LogP contribution in [0.3, 0.4) is 0 Å². The Morgan fingerprint density at radius 2 is 1.51 bits per heavy atom. The molecule has 7 nitrogen and oxygen atoms in total. The molecule has 0 unspecified atom stereocenters. The Balaban J connectivity index is 1.27. The predicted molar refractivity (Wildman–Crippen MR) is 171 cm³/mol. The number of aryl methyl sites for hydroxylation is 2. The fraction of sp³-hybridized carbons (Fsp3) is 0.216. The zero-order valence-electron chi connectivity index (χ0n) is 24.5. The van der Waals surface area contributed by atoms with Crippen LogP contribution in [0.15, 0.2) is 100 Å². The molecule has 1 N–H and O–H groups in total. The summed E-state index contributed by atoms with van der Waals surface area (Å²) < 4.78 is 0.170. The Hall–Kier alpha value is -4.69. The van der Waals surface area contributed by atoms with E-state index in [-0.39, 0.29) is 45.8 Å². The molecule has 3 aromatic carbocycles. The third-order valence-electron chi connectivity index (χ3n) is 9.60. The van der Waals surface area contributed by atoms with Crippen LogP contribution in [0.4, 0.5) is 5.69 Å². The number of fused-ring (bicyclic) bond motifs is 3. The van der Waals surface area contributed by atoms with Crippen molar-refractivity contribution in [2.75, 3.05) is 4.90 Å². The molecule has 3 aromatic rings. The number of imide groups is 1. The minimum atomic E-state index is -0.716. The van der Waals surface area contributed by atoms with Crippen LogP contribution in [0.1, 0.15) is 51.4 Å². The quantitative estimate of drug-likeness (QED) is 0.154. The van der Waals surface area contributed by atoms with E-state index in [1.54, 1.807) is 62.4 Å². The van der Waals surface area contributed by atoms with E-state index in [4.69, 9.17) is 0 Å². The Kier molecular flexibility index (Phi) is 6.93. The standard InChI is InChI=1S/C37H28BrNO6/c1-18-14-22(15-19(2)33(18)41)30-24-12-13-25-31(26(24)16-27-32(30)29(40)17-28(38)35(27)43)37(45)39(36(25)44)23-10-8-21(9-11-23)34(42)20-6-4-3-5-7-20/h3-12,14-15,17,25-26,30-31,41H,13,16H2,1-2H3/t25-,26+,30-,31-/m0/s1. The SMILES string of the molecule is Cc1cc([C@H]2C3=CC[C@@H]4C(=O)N(c5ccc(C(=O)c6ccccc6)cc5)C(=O)[C@@H]4[C@@H]3CC3=C2C(=O)C=C(Br)C3=O)cc(C)c1O. The molecule has 0 aromatic heterocycles. The van der Waals surface area contributed by atoms with Crippen molar-refractivity contribution < 1.29 is 29.1 Å². The van der Waals surface area contributed by atoms with Crippen molar-refractivity contribution in [2.24, 2.45) is 17.8 Å². The number of nitrogens with zero attached hydrogens (tertiary/aromatic N) is 1. The molecule has 224 valence electrons. The molecule has 1 heterocycles. The van der Waals surface area contributed by atoms with Crippen molar-refractivity contribution in [1.82, 2.24) is 0 Å². The first kappa shape index (κ1) is 29.0. The largest absolute Gasteiger partial charge is 0.507 e. The summed E-state index contributed by atoms with van der Waals surface area (Å²) in [5, 5.41) is 10.5. The molecule has 0 spiro atoms. The summed E-state index contributed by atoms with van der Waals surface area (Å²) in [6, 6.07) is 19.0. The smallest absolute Gasteiger partial charge is 0.238 e. The lowest BCUT2D eigenvalue weighted by Crippen LogP contribution is -2.39. The number of allylic oxidation sites excluding steroid dienone is 6. The van der Waals surface area contributed by atoms with Crippen molar-refractivity contribution in [2.45, 2.75) is 32.6 Å². The van der Waals surface area contributed by atoms with E-state index < -0.39 is 23.7 Å². The van der Waals surface area contributed by atoms with E-state index in [9.17, 15) is 29.1 Å². The number of carbonyl (C=O) groups excluding carboxylic acids is 5. The average molecular weight is 663 g/mol. The van der Waals surface area contributed by atoms with Crippen LogP contribution in [-0.4, -0.2) is 34.3 Å². The van der Waals surface area contributed by atoms with Gasteiger partial charge in [0.1, 0.15) is 5.75 Å². The fourth-order valence-corrected chi connectivity index (χ4v) is 7.96. The molecule has 0 saturated carbocycles. The molecule has 1 saturated heterocycles. The lowest BCUT2D eigenvalue weighted by Gasteiger charge is -2.42. The van der Waals surface area contributed by atoms with Crippen LogP contribution in [0.5, 0.6) is 5.75 Å². The second-order valence-electron chi connectivity index (χ2n) is 12.2. The maximum Gasteiger partial charge on any atom is 0.238 e.